The molecule has 6 rings (SSSR count). The molecule has 3 atom stereocenters. The van der Waals surface area contributed by atoms with Gasteiger partial charge in [0, 0.05) is 67.6 Å². The van der Waals surface area contributed by atoms with Gasteiger partial charge in [0.2, 0.25) is 5.88 Å². The van der Waals surface area contributed by atoms with Crippen LogP contribution in [0, 0.1) is 17.7 Å². The highest BCUT2D eigenvalue weighted by Gasteiger charge is 2.59. The van der Waals surface area contributed by atoms with E-state index in [2.05, 4.69) is 15.1 Å². The van der Waals surface area contributed by atoms with Gasteiger partial charge in [0.05, 0.1) is 5.69 Å². The number of hydrogen-bond donors (Lipinski definition) is 1. The van der Waals surface area contributed by atoms with Gasteiger partial charge in [0.25, 0.3) is 5.91 Å². The summed E-state index contributed by atoms with van der Waals surface area (Å²) in [5.74, 6) is 1.05. The maximum Gasteiger partial charge on any atom is 0.272 e. The van der Waals surface area contributed by atoms with Gasteiger partial charge in [-0.2, -0.15) is 5.10 Å². The molecule has 2 N–H and O–H groups in total. The van der Waals surface area contributed by atoms with Crippen LogP contribution in [0.1, 0.15) is 29.9 Å². The van der Waals surface area contributed by atoms with Gasteiger partial charge in [-0.25, -0.2) is 19.3 Å². The van der Waals surface area contributed by atoms with Crippen molar-refractivity contribution in [3.05, 3.63) is 78.0 Å². The fourth-order valence-corrected chi connectivity index (χ4v) is 5.03. The van der Waals surface area contributed by atoms with E-state index in [-0.39, 0.29) is 29.7 Å². The molecule has 2 fully saturated rings. The molecule has 4 aromatic rings. The van der Waals surface area contributed by atoms with Crippen molar-refractivity contribution < 1.29 is 13.9 Å². The highest BCUT2D eigenvalue weighted by molar-refractivity contribution is 5.94. The van der Waals surface area contributed by atoms with Crippen molar-refractivity contribution in [1.29, 1.82) is 0 Å². The third-order valence-electron chi connectivity index (χ3n) is 7.24. The Morgan fingerprint density at radius 1 is 1.05 bits per heavy atom. The zero-order valence-electron chi connectivity index (χ0n) is 21.4. The molecule has 9 nitrogen and oxygen atoms in total. The van der Waals surface area contributed by atoms with Gasteiger partial charge < -0.3 is 15.4 Å². The minimum atomic E-state index is -0.606. The molecule has 38 heavy (non-hydrogen) atoms. The lowest BCUT2D eigenvalue weighted by atomic mass is 9.95. The van der Waals surface area contributed by atoms with Gasteiger partial charge in [0.15, 0.2) is 5.82 Å². The molecule has 1 amide bonds. The Balaban J connectivity index is 1.16. The number of nitrogens with two attached hydrogens (primary N) is 1. The highest BCUT2D eigenvalue weighted by Crippen LogP contribution is 2.48. The predicted octanol–water partition coefficient (Wildman–Crippen LogP) is 3.42. The standard InChI is InChI=1S/C28H28FN7O2/c1-28(2,30)17-11-21(16-5-7-18(29)8-6-16)33-24(12-17)38-25-19-14-36(15-20(19)25)27(37)23-13-22(34-35(23)3)26-31-9-4-10-32-26/h4-13,19-20,25H,14-15,30H2,1-3H3/t19-,20+,25+. The van der Waals surface area contributed by atoms with Crippen molar-refractivity contribution in [3.63, 3.8) is 0 Å². The predicted molar refractivity (Wildman–Crippen MR) is 138 cm³/mol. The summed E-state index contributed by atoms with van der Waals surface area (Å²) in [6, 6.07) is 13.5. The molecule has 0 unspecified atom stereocenters. The second kappa shape index (κ2) is 8.98. The fraction of sp³-hybridized carbons (Fsp3) is 0.321. The van der Waals surface area contributed by atoms with E-state index in [4.69, 9.17) is 15.5 Å². The lowest BCUT2D eigenvalue weighted by Gasteiger charge is -2.22. The van der Waals surface area contributed by atoms with Crippen LogP contribution in [0.4, 0.5) is 4.39 Å². The van der Waals surface area contributed by atoms with Crippen LogP contribution in [-0.4, -0.2) is 54.7 Å². The molecule has 3 aromatic heterocycles. The molecule has 194 valence electrons. The molecule has 1 saturated carbocycles. The largest absolute Gasteiger partial charge is 0.474 e. The number of aromatic nitrogens is 5. The topological polar surface area (TPSA) is 112 Å². The maximum absolute atomic E-state index is 13.5. The van der Waals surface area contributed by atoms with Crippen molar-refractivity contribution >= 4 is 5.91 Å². The van der Waals surface area contributed by atoms with Crippen LogP contribution in [-0.2, 0) is 12.6 Å². The first-order chi connectivity index (χ1) is 18.2. The summed E-state index contributed by atoms with van der Waals surface area (Å²) in [6.07, 6.45) is 3.27. The molecule has 1 aliphatic heterocycles. The second-order valence-electron chi connectivity index (χ2n) is 10.5. The summed E-state index contributed by atoms with van der Waals surface area (Å²) in [7, 11) is 1.75. The number of hydrogen-bond acceptors (Lipinski definition) is 7. The Bertz CT molecular complexity index is 1490. The Morgan fingerprint density at radius 3 is 2.39 bits per heavy atom. The van der Waals surface area contributed by atoms with Crippen LogP contribution in [0.3, 0.4) is 0 Å². The molecule has 1 aromatic carbocycles. The normalized spacial score (nSPS) is 20.3. The first kappa shape index (κ1) is 24.2. The first-order valence-electron chi connectivity index (χ1n) is 12.5. The Hall–Kier alpha value is -4.18. The number of rotatable bonds is 6. The zero-order valence-corrected chi connectivity index (χ0v) is 21.4. The van der Waals surface area contributed by atoms with Crippen molar-refractivity contribution in [2.75, 3.05) is 13.1 Å². The number of benzene rings is 1. The van der Waals surface area contributed by atoms with E-state index in [1.54, 1.807) is 48.4 Å². The number of carbonyl (C=O) groups excluding carboxylic acids is 1. The number of piperidine rings is 1. The number of aryl methyl sites for hydroxylation is 1. The van der Waals surface area contributed by atoms with Crippen molar-refractivity contribution in [2.24, 2.45) is 24.6 Å². The van der Waals surface area contributed by atoms with E-state index >= 15 is 0 Å². The summed E-state index contributed by atoms with van der Waals surface area (Å²) in [6.45, 7) is 5.04. The monoisotopic (exact) mass is 513 g/mol. The van der Waals surface area contributed by atoms with Crippen LogP contribution < -0.4 is 10.5 Å². The van der Waals surface area contributed by atoms with E-state index in [1.165, 1.54) is 12.1 Å². The van der Waals surface area contributed by atoms with Crippen molar-refractivity contribution in [1.82, 2.24) is 29.6 Å². The molecule has 2 aliphatic rings. The number of nitrogens with zero attached hydrogens (tertiary/aromatic N) is 6. The van der Waals surface area contributed by atoms with Crippen LogP contribution >= 0.6 is 0 Å². The average molecular weight is 514 g/mol. The number of carbonyl (C=O) groups is 1. The Kier molecular flexibility index (Phi) is 5.71. The number of pyridine rings is 1. The van der Waals surface area contributed by atoms with Gasteiger partial charge in [-0.1, -0.05) is 0 Å². The summed E-state index contributed by atoms with van der Waals surface area (Å²) in [5, 5.41) is 4.42. The Morgan fingerprint density at radius 2 is 1.74 bits per heavy atom. The molecular formula is C28H28FN7O2. The lowest BCUT2D eigenvalue weighted by molar-refractivity contribution is 0.0740. The third kappa shape index (κ3) is 4.51. The van der Waals surface area contributed by atoms with E-state index in [0.29, 0.717) is 41.9 Å². The fourth-order valence-electron chi connectivity index (χ4n) is 5.03. The van der Waals surface area contributed by atoms with Gasteiger partial charge >= 0.3 is 0 Å². The highest BCUT2D eigenvalue weighted by atomic mass is 19.1. The smallest absolute Gasteiger partial charge is 0.272 e. The number of fused-ring (bicyclic) bond motifs is 1. The molecule has 10 heteroatoms. The second-order valence-corrected chi connectivity index (χ2v) is 10.5. The molecule has 1 saturated heterocycles. The van der Waals surface area contributed by atoms with Crippen molar-refractivity contribution in [3.8, 4) is 28.7 Å². The lowest BCUT2D eigenvalue weighted by Crippen LogP contribution is -2.34. The molecule has 0 spiro atoms. The van der Waals surface area contributed by atoms with Crippen molar-refractivity contribution in [2.45, 2.75) is 25.5 Å². The van der Waals surface area contributed by atoms with E-state index in [1.807, 2.05) is 30.9 Å². The van der Waals surface area contributed by atoms with E-state index in [9.17, 15) is 9.18 Å². The third-order valence-corrected chi connectivity index (χ3v) is 7.24. The maximum atomic E-state index is 13.5. The van der Waals surface area contributed by atoms with Gasteiger partial charge in [-0.3, -0.25) is 9.48 Å². The first-order valence-corrected chi connectivity index (χ1v) is 12.5. The molecule has 1 aliphatic carbocycles. The molecule has 0 bridgehead atoms. The van der Waals surface area contributed by atoms with Gasteiger partial charge in [-0.15, -0.1) is 0 Å². The van der Waals surface area contributed by atoms with Crippen LogP contribution in [0.15, 0.2) is 60.9 Å². The molecule has 0 radical (unpaired) electrons. The number of halogens is 1. The number of amides is 1. The van der Waals surface area contributed by atoms with Gasteiger partial charge in [0.1, 0.15) is 23.3 Å². The zero-order chi connectivity index (χ0) is 26.6. The van der Waals surface area contributed by atoms with Crippen LogP contribution in [0.2, 0.25) is 0 Å². The summed E-state index contributed by atoms with van der Waals surface area (Å²) >= 11 is 0. The SMILES string of the molecule is Cn1nc(-c2ncccn2)cc1C(=O)N1C[C@@H]2[C@H](C1)[C@H]2Oc1cc(C(C)(C)N)cc(-c2ccc(F)cc2)n1. The summed E-state index contributed by atoms with van der Waals surface area (Å²) in [5.41, 5.74) is 9.17. The van der Waals surface area contributed by atoms with Crippen LogP contribution in [0.5, 0.6) is 5.88 Å². The van der Waals surface area contributed by atoms with Crippen LogP contribution in [0.25, 0.3) is 22.8 Å². The molecular weight excluding hydrogens is 485 g/mol. The number of likely N-dealkylation sites (tertiary alicyclic amines) is 1. The minimum absolute atomic E-state index is 0.0245. The summed E-state index contributed by atoms with van der Waals surface area (Å²) < 4.78 is 21.4. The summed E-state index contributed by atoms with van der Waals surface area (Å²) in [4.78, 5) is 28.2. The molecule has 4 heterocycles. The minimum Gasteiger partial charge on any atom is -0.474 e. The quantitative estimate of drug-likeness (QED) is 0.420. The number of ether oxygens (including phenoxy) is 1. The van der Waals surface area contributed by atoms with E-state index in [0.717, 1.165) is 11.1 Å². The van der Waals surface area contributed by atoms with Gasteiger partial charge in [-0.05, 0) is 55.8 Å². The average Bonchev–Trinajstić information content (AvgIpc) is 3.22. The Labute approximate surface area is 219 Å². The van der Waals surface area contributed by atoms with E-state index < -0.39 is 5.54 Å².